The first-order valence-electron chi connectivity index (χ1n) is 9.06. The number of nitrogens with zero attached hydrogens (tertiary/aromatic N) is 1. The van der Waals surface area contributed by atoms with E-state index in [4.69, 9.17) is 9.26 Å². The lowest BCUT2D eigenvalue weighted by atomic mass is 9.84. The highest BCUT2D eigenvalue weighted by Gasteiger charge is 2.42. The van der Waals surface area contributed by atoms with E-state index in [0.717, 1.165) is 17.4 Å². The van der Waals surface area contributed by atoms with Crippen LogP contribution in [0.25, 0.3) is 11.3 Å². The Kier molecular flexibility index (Phi) is 4.24. The fourth-order valence-corrected chi connectivity index (χ4v) is 4.65. The minimum atomic E-state index is -0.167. The van der Waals surface area contributed by atoms with Crippen molar-refractivity contribution in [3.63, 3.8) is 0 Å². The highest BCUT2D eigenvalue weighted by atomic mass is 16.5. The summed E-state index contributed by atoms with van der Waals surface area (Å²) < 4.78 is 10.7. The lowest BCUT2D eigenvalue weighted by molar-refractivity contribution is 0.0906. The predicted molar refractivity (Wildman–Crippen MR) is 94.4 cm³/mol. The average Bonchev–Trinajstić information content (AvgIpc) is 3.37. The molecule has 4 atom stereocenters. The van der Waals surface area contributed by atoms with E-state index in [2.05, 4.69) is 17.4 Å². The van der Waals surface area contributed by atoms with Crippen LogP contribution in [-0.4, -0.2) is 24.2 Å². The number of nitrogens with one attached hydrogen (secondary N) is 1. The summed E-state index contributed by atoms with van der Waals surface area (Å²) in [5.41, 5.74) is 1.11. The third-order valence-electron chi connectivity index (χ3n) is 5.91. The minimum Gasteiger partial charge on any atom is -0.496 e. The number of ether oxygens (including phenoxy) is 1. The summed E-state index contributed by atoms with van der Waals surface area (Å²) in [6, 6.07) is 9.39. The molecule has 0 saturated heterocycles. The van der Waals surface area contributed by atoms with Crippen LogP contribution in [0.4, 0.5) is 0 Å². The second-order valence-corrected chi connectivity index (χ2v) is 7.38. The molecule has 2 aromatic rings. The van der Waals surface area contributed by atoms with Crippen molar-refractivity contribution in [3.8, 4) is 17.1 Å². The largest absolute Gasteiger partial charge is 0.496 e. The van der Waals surface area contributed by atoms with Crippen molar-refractivity contribution in [1.29, 1.82) is 0 Å². The predicted octanol–water partition coefficient (Wildman–Crippen LogP) is 3.90. The number of rotatable bonds is 5. The summed E-state index contributed by atoms with van der Waals surface area (Å²) in [5, 5.41) is 7.08. The van der Waals surface area contributed by atoms with E-state index in [9.17, 15) is 4.79 Å². The quantitative estimate of drug-likeness (QED) is 0.896. The van der Waals surface area contributed by atoms with E-state index >= 15 is 0 Å². The highest BCUT2D eigenvalue weighted by Crippen LogP contribution is 2.49. The van der Waals surface area contributed by atoms with Crippen molar-refractivity contribution in [3.05, 3.63) is 36.0 Å². The zero-order valence-corrected chi connectivity index (χ0v) is 14.7. The van der Waals surface area contributed by atoms with Crippen LogP contribution in [0.5, 0.6) is 5.75 Å². The Bertz CT molecular complexity index is 770. The van der Waals surface area contributed by atoms with Crippen LogP contribution in [0, 0.1) is 17.8 Å². The average molecular weight is 340 g/mol. The van der Waals surface area contributed by atoms with Crippen LogP contribution in [-0.2, 0) is 0 Å². The molecule has 0 spiro atoms. The van der Waals surface area contributed by atoms with Crippen molar-refractivity contribution >= 4 is 5.91 Å². The van der Waals surface area contributed by atoms with Crippen molar-refractivity contribution in [2.45, 2.75) is 38.6 Å². The molecule has 1 aromatic carbocycles. The Morgan fingerprint density at radius 2 is 2.16 bits per heavy atom. The number of carbonyl (C=O) groups is 1. The summed E-state index contributed by atoms with van der Waals surface area (Å²) in [6.45, 7) is 2.12. The van der Waals surface area contributed by atoms with Gasteiger partial charge < -0.3 is 14.6 Å². The SMILES string of the molecule is COc1ccccc1-c1cc(C(=O)N[C@@H](C)[C@H]2C[C@@H]3CC[C@@H]2C3)no1. The van der Waals surface area contributed by atoms with Crippen LogP contribution < -0.4 is 10.1 Å². The summed E-state index contributed by atoms with van der Waals surface area (Å²) >= 11 is 0. The monoisotopic (exact) mass is 340 g/mol. The Morgan fingerprint density at radius 1 is 1.32 bits per heavy atom. The maximum absolute atomic E-state index is 12.6. The van der Waals surface area contributed by atoms with Gasteiger partial charge in [0, 0.05) is 12.1 Å². The molecule has 0 unspecified atom stereocenters. The smallest absolute Gasteiger partial charge is 0.273 e. The number of fused-ring (bicyclic) bond motifs is 2. The first kappa shape index (κ1) is 16.2. The lowest BCUT2D eigenvalue weighted by Gasteiger charge is -2.28. The van der Waals surface area contributed by atoms with E-state index in [1.54, 1.807) is 13.2 Å². The molecule has 25 heavy (non-hydrogen) atoms. The first-order valence-corrected chi connectivity index (χ1v) is 9.06. The molecule has 2 aliphatic carbocycles. The molecule has 4 rings (SSSR count). The molecule has 1 amide bonds. The van der Waals surface area contributed by atoms with Gasteiger partial charge in [0.05, 0.1) is 12.7 Å². The molecular weight excluding hydrogens is 316 g/mol. The number of amides is 1. The Labute approximate surface area is 147 Å². The molecule has 1 heterocycles. The van der Waals surface area contributed by atoms with Crippen molar-refractivity contribution < 1.29 is 14.1 Å². The van der Waals surface area contributed by atoms with Gasteiger partial charge in [0.2, 0.25) is 0 Å². The van der Waals surface area contributed by atoms with Gasteiger partial charge in [-0.25, -0.2) is 0 Å². The zero-order chi connectivity index (χ0) is 17.4. The number of benzene rings is 1. The molecular formula is C20H24N2O3. The van der Waals surface area contributed by atoms with E-state index in [-0.39, 0.29) is 11.9 Å². The third kappa shape index (κ3) is 3.03. The van der Waals surface area contributed by atoms with Crippen LogP contribution in [0.3, 0.4) is 0 Å². The molecule has 1 aromatic heterocycles. The number of carbonyl (C=O) groups excluding carboxylic acids is 1. The fourth-order valence-electron chi connectivity index (χ4n) is 4.65. The summed E-state index contributed by atoms with van der Waals surface area (Å²) in [6.07, 6.45) is 5.27. The molecule has 5 heteroatoms. The van der Waals surface area contributed by atoms with Crippen molar-refractivity contribution in [1.82, 2.24) is 10.5 Å². The van der Waals surface area contributed by atoms with Crippen molar-refractivity contribution in [2.24, 2.45) is 17.8 Å². The number of para-hydroxylation sites is 1. The Balaban J connectivity index is 1.45. The van der Waals surface area contributed by atoms with Gasteiger partial charge in [0.15, 0.2) is 11.5 Å². The van der Waals surface area contributed by atoms with Gasteiger partial charge in [0.25, 0.3) is 5.91 Å². The number of hydrogen-bond donors (Lipinski definition) is 1. The molecule has 0 radical (unpaired) electrons. The zero-order valence-electron chi connectivity index (χ0n) is 14.7. The maximum Gasteiger partial charge on any atom is 0.273 e. The normalized spacial score (nSPS) is 25.8. The molecule has 2 aliphatic rings. The third-order valence-corrected chi connectivity index (χ3v) is 5.91. The molecule has 0 aliphatic heterocycles. The van der Waals surface area contributed by atoms with Crippen LogP contribution in [0.2, 0.25) is 0 Å². The topological polar surface area (TPSA) is 64.4 Å². The van der Waals surface area contributed by atoms with Crippen LogP contribution >= 0.6 is 0 Å². The number of methoxy groups -OCH3 is 1. The number of hydrogen-bond acceptors (Lipinski definition) is 4. The first-order chi connectivity index (χ1) is 12.2. The van der Waals surface area contributed by atoms with Gasteiger partial charge in [-0.15, -0.1) is 0 Å². The summed E-state index contributed by atoms with van der Waals surface area (Å²) in [5.74, 6) is 3.32. The van der Waals surface area contributed by atoms with Gasteiger partial charge >= 0.3 is 0 Å². The molecule has 2 bridgehead atoms. The van der Waals surface area contributed by atoms with Gasteiger partial charge in [-0.1, -0.05) is 23.7 Å². The summed E-state index contributed by atoms with van der Waals surface area (Å²) in [7, 11) is 1.61. The fraction of sp³-hybridized carbons (Fsp3) is 0.500. The molecule has 1 N–H and O–H groups in total. The van der Waals surface area contributed by atoms with Crippen molar-refractivity contribution in [2.75, 3.05) is 7.11 Å². The van der Waals surface area contributed by atoms with E-state index in [0.29, 0.717) is 23.1 Å². The van der Waals surface area contributed by atoms with Gasteiger partial charge in [0.1, 0.15) is 5.75 Å². The molecule has 5 nitrogen and oxygen atoms in total. The second-order valence-electron chi connectivity index (χ2n) is 7.38. The number of aromatic nitrogens is 1. The molecule has 2 saturated carbocycles. The molecule has 2 fully saturated rings. The Morgan fingerprint density at radius 3 is 2.88 bits per heavy atom. The maximum atomic E-state index is 12.6. The minimum absolute atomic E-state index is 0.167. The van der Waals surface area contributed by atoms with E-state index in [1.807, 2.05) is 24.3 Å². The highest BCUT2D eigenvalue weighted by molar-refractivity contribution is 5.93. The summed E-state index contributed by atoms with van der Waals surface area (Å²) in [4.78, 5) is 12.6. The van der Waals surface area contributed by atoms with Crippen LogP contribution in [0.15, 0.2) is 34.9 Å². The van der Waals surface area contributed by atoms with E-state index in [1.165, 1.54) is 25.7 Å². The van der Waals surface area contributed by atoms with Gasteiger partial charge in [-0.2, -0.15) is 0 Å². The Hall–Kier alpha value is -2.30. The standard InChI is InChI=1S/C20H24N2O3/c1-12(16-10-13-7-8-14(16)9-13)21-20(23)17-11-19(25-22-17)15-5-3-4-6-18(15)24-2/h3-6,11-14,16H,7-10H2,1-2H3,(H,21,23)/t12-,13+,14+,16+/m0/s1. The van der Waals surface area contributed by atoms with Crippen LogP contribution in [0.1, 0.15) is 43.1 Å². The molecule has 132 valence electrons. The second kappa shape index (κ2) is 6.54. The lowest BCUT2D eigenvalue weighted by Crippen LogP contribution is -2.40. The van der Waals surface area contributed by atoms with Gasteiger partial charge in [-0.05, 0) is 56.1 Å². The van der Waals surface area contributed by atoms with E-state index < -0.39 is 0 Å². The van der Waals surface area contributed by atoms with Gasteiger partial charge in [-0.3, -0.25) is 4.79 Å².